The maximum absolute atomic E-state index is 11.3. The summed E-state index contributed by atoms with van der Waals surface area (Å²) >= 11 is 0. The molecule has 3 rings (SSSR count). The zero-order chi connectivity index (χ0) is 15.5. The molecule has 1 saturated heterocycles. The van der Waals surface area contributed by atoms with Gasteiger partial charge in [-0.15, -0.1) is 10.2 Å². The highest BCUT2D eigenvalue weighted by molar-refractivity contribution is 5.65. The van der Waals surface area contributed by atoms with Crippen LogP contribution in [0.4, 0.5) is 11.5 Å². The summed E-state index contributed by atoms with van der Waals surface area (Å²) in [4.78, 5) is 16.7. The Balaban J connectivity index is 1.94. The number of pyridine rings is 1. The third-order valence-corrected chi connectivity index (χ3v) is 3.66. The van der Waals surface area contributed by atoms with Crippen LogP contribution in [0.5, 0.6) is 0 Å². The van der Waals surface area contributed by atoms with Crippen molar-refractivity contribution in [3.63, 3.8) is 0 Å². The van der Waals surface area contributed by atoms with Gasteiger partial charge >= 0.3 is 5.69 Å². The molecule has 1 unspecified atom stereocenters. The van der Waals surface area contributed by atoms with Crippen LogP contribution in [0.2, 0.25) is 0 Å². The normalized spacial score (nSPS) is 18.0. The average molecular weight is 300 g/mol. The summed E-state index contributed by atoms with van der Waals surface area (Å²) in [6.45, 7) is 1.14. The van der Waals surface area contributed by atoms with E-state index in [1.165, 1.54) is 12.3 Å². The van der Waals surface area contributed by atoms with E-state index in [0.29, 0.717) is 18.9 Å². The maximum atomic E-state index is 11.3. The minimum absolute atomic E-state index is 0.0108. The number of aromatic amines is 1. The van der Waals surface area contributed by atoms with Gasteiger partial charge < -0.3 is 4.90 Å². The Morgan fingerprint density at radius 2 is 2.41 bits per heavy atom. The van der Waals surface area contributed by atoms with Gasteiger partial charge in [0.15, 0.2) is 5.82 Å². The third kappa shape index (κ3) is 2.44. The average Bonchev–Trinajstić information content (AvgIpc) is 3.08. The van der Waals surface area contributed by atoms with E-state index >= 15 is 0 Å². The highest BCUT2D eigenvalue weighted by Crippen LogP contribution is 2.33. The lowest BCUT2D eigenvalue weighted by Crippen LogP contribution is -2.35. The number of hydrogen-bond acceptors (Lipinski definition) is 8. The van der Waals surface area contributed by atoms with E-state index in [1.54, 1.807) is 0 Å². The first kappa shape index (κ1) is 13.9. The second kappa shape index (κ2) is 5.72. The van der Waals surface area contributed by atoms with Crippen molar-refractivity contribution in [3.05, 3.63) is 33.8 Å². The minimum Gasteiger partial charge on any atom is -0.350 e. The van der Waals surface area contributed by atoms with Gasteiger partial charge in [0.2, 0.25) is 5.82 Å². The van der Waals surface area contributed by atoms with Gasteiger partial charge in [-0.2, -0.15) is 10.5 Å². The first-order valence-corrected chi connectivity index (χ1v) is 6.72. The molecule has 2 aromatic rings. The Labute approximate surface area is 124 Å². The predicted molar refractivity (Wildman–Crippen MR) is 74.0 cm³/mol. The summed E-state index contributed by atoms with van der Waals surface area (Å²) < 4.78 is 0. The molecule has 10 nitrogen and oxygen atoms in total. The van der Waals surface area contributed by atoms with E-state index < -0.39 is 4.92 Å². The highest BCUT2D eigenvalue weighted by atomic mass is 16.6. The molecule has 1 N–H and O–H groups in total. The quantitative estimate of drug-likeness (QED) is 0.647. The Morgan fingerprint density at radius 3 is 3.09 bits per heavy atom. The van der Waals surface area contributed by atoms with Crippen LogP contribution in [0.3, 0.4) is 0 Å². The lowest BCUT2D eigenvalue weighted by atomic mass is 9.97. The number of piperidine rings is 1. The second-order valence-electron chi connectivity index (χ2n) is 4.95. The third-order valence-electron chi connectivity index (χ3n) is 3.66. The largest absolute Gasteiger partial charge is 0.350 e. The van der Waals surface area contributed by atoms with E-state index in [-0.39, 0.29) is 23.0 Å². The molecule has 0 aromatic carbocycles. The maximum Gasteiger partial charge on any atom is 0.329 e. The fourth-order valence-electron chi connectivity index (χ4n) is 2.67. The van der Waals surface area contributed by atoms with Gasteiger partial charge in [-0.25, -0.2) is 4.98 Å². The van der Waals surface area contributed by atoms with Crippen LogP contribution < -0.4 is 4.90 Å². The molecule has 0 aliphatic carbocycles. The topological polar surface area (TPSA) is 138 Å². The van der Waals surface area contributed by atoms with Crippen LogP contribution in [-0.4, -0.2) is 43.6 Å². The van der Waals surface area contributed by atoms with Gasteiger partial charge in [-0.3, -0.25) is 10.1 Å². The summed E-state index contributed by atoms with van der Waals surface area (Å²) in [5.41, 5.74) is -0.240. The molecule has 10 heteroatoms. The van der Waals surface area contributed by atoms with Crippen molar-refractivity contribution in [1.82, 2.24) is 25.6 Å². The molecule has 2 aromatic heterocycles. The molecule has 3 heterocycles. The summed E-state index contributed by atoms with van der Waals surface area (Å²) in [5, 5.41) is 34.3. The Bertz CT molecular complexity index is 723. The summed E-state index contributed by atoms with van der Waals surface area (Å²) in [5.74, 6) is 0.834. The first-order chi connectivity index (χ1) is 10.7. The zero-order valence-electron chi connectivity index (χ0n) is 11.5. The molecule has 22 heavy (non-hydrogen) atoms. The molecule has 1 atom stereocenters. The molecular weight excluding hydrogens is 288 g/mol. The monoisotopic (exact) mass is 300 g/mol. The van der Waals surface area contributed by atoms with Crippen molar-refractivity contribution in [2.24, 2.45) is 0 Å². The van der Waals surface area contributed by atoms with E-state index in [9.17, 15) is 10.1 Å². The van der Waals surface area contributed by atoms with Crippen LogP contribution in [-0.2, 0) is 0 Å². The Kier molecular flexibility index (Phi) is 3.61. The van der Waals surface area contributed by atoms with Gasteiger partial charge in [-0.05, 0) is 18.9 Å². The number of anilines is 1. The van der Waals surface area contributed by atoms with Gasteiger partial charge in [-0.1, -0.05) is 5.21 Å². The van der Waals surface area contributed by atoms with Gasteiger partial charge in [0, 0.05) is 25.2 Å². The van der Waals surface area contributed by atoms with Gasteiger partial charge in [0.1, 0.15) is 11.6 Å². The number of rotatable bonds is 3. The fourth-order valence-corrected chi connectivity index (χ4v) is 2.67. The van der Waals surface area contributed by atoms with E-state index in [0.717, 1.165) is 12.8 Å². The lowest BCUT2D eigenvalue weighted by molar-refractivity contribution is -0.384. The summed E-state index contributed by atoms with van der Waals surface area (Å²) in [6.07, 6.45) is 3.12. The zero-order valence-corrected chi connectivity index (χ0v) is 11.5. The van der Waals surface area contributed by atoms with Crippen LogP contribution in [0.15, 0.2) is 12.3 Å². The lowest BCUT2D eigenvalue weighted by Gasteiger charge is -2.31. The van der Waals surface area contributed by atoms with E-state index in [4.69, 9.17) is 5.26 Å². The van der Waals surface area contributed by atoms with Crippen molar-refractivity contribution in [2.45, 2.75) is 18.8 Å². The molecule has 0 bridgehead atoms. The van der Waals surface area contributed by atoms with Crippen molar-refractivity contribution in [2.75, 3.05) is 18.0 Å². The SMILES string of the molecule is N#Cc1ccnc(N2CCCC(c3nn[nH]n3)C2)c1[N+](=O)[O-]. The van der Waals surface area contributed by atoms with E-state index in [2.05, 4.69) is 25.6 Å². The Morgan fingerprint density at radius 1 is 1.55 bits per heavy atom. The predicted octanol–water partition coefficient (Wildman–Crippen LogP) is 0.759. The number of nitriles is 1. The molecular formula is C12H12N8O2. The molecule has 0 spiro atoms. The molecule has 0 radical (unpaired) electrons. The number of nitrogens with one attached hydrogen (secondary N) is 1. The number of nitro groups is 1. The number of H-pyrrole nitrogens is 1. The number of aromatic nitrogens is 5. The number of hydrogen-bond donors (Lipinski definition) is 1. The summed E-state index contributed by atoms with van der Waals surface area (Å²) in [7, 11) is 0. The summed E-state index contributed by atoms with van der Waals surface area (Å²) in [6, 6.07) is 3.20. The van der Waals surface area contributed by atoms with Crippen LogP contribution >= 0.6 is 0 Å². The standard InChI is InChI=1S/C12H12N8O2/c13-6-8-3-4-14-12(10(8)20(21)22)19-5-1-2-9(7-19)11-15-17-18-16-11/h3-4,9H,1-2,5,7H2,(H,15,16,17,18). The molecule has 1 aliphatic rings. The Hall–Kier alpha value is -3.09. The highest BCUT2D eigenvalue weighted by Gasteiger charge is 2.31. The van der Waals surface area contributed by atoms with Crippen LogP contribution in [0.1, 0.15) is 30.1 Å². The smallest absolute Gasteiger partial charge is 0.329 e. The molecule has 0 amide bonds. The number of tetrazole rings is 1. The first-order valence-electron chi connectivity index (χ1n) is 6.72. The minimum atomic E-state index is -0.557. The van der Waals surface area contributed by atoms with Crippen LogP contribution in [0, 0.1) is 21.4 Å². The molecule has 1 fully saturated rings. The van der Waals surface area contributed by atoms with Crippen molar-refractivity contribution in [1.29, 1.82) is 5.26 Å². The van der Waals surface area contributed by atoms with Gasteiger partial charge in [0.05, 0.1) is 4.92 Å². The molecule has 1 aliphatic heterocycles. The fraction of sp³-hybridized carbons (Fsp3) is 0.417. The van der Waals surface area contributed by atoms with Crippen LogP contribution in [0.25, 0.3) is 0 Å². The van der Waals surface area contributed by atoms with Gasteiger partial charge in [0.25, 0.3) is 0 Å². The molecule has 0 saturated carbocycles. The van der Waals surface area contributed by atoms with Crippen molar-refractivity contribution in [3.8, 4) is 6.07 Å². The number of nitrogens with zero attached hydrogens (tertiary/aromatic N) is 7. The van der Waals surface area contributed by atoms with Crippen molar-refractivity contribution >= 4 is 11.5 Å². The van der Waals surface area contributed by atoms with Crippen molar-refractivity contribution < 1.29 is 4.92 Å². The second-order valence-corrected chi connectivity index (χ2v) is 4.95. The van der Waals surface area contributed by atoms with E-state index in [1.807, 2.05) is 11.0 Å². The molecule has 112 valence electrons.